The van der Waals surface area contributed by atoms with Crippen LogP contribution in [0.1, 0.15) is 5.56 Å². The Morgan fingerprint density at radius 3 is 2.79 bits per heavy atom. The van der Waals surface area contributed by atoms with Crippen LogP contribution in [0, 0.1) is 0 Å². The van der Waals surface area contributed by atoms with Crippen molar-refractivity contribution in [2.75, 3.05) is 45.9 Å². The van der Waals surface area contributed by atoms with Crippen LogP contribution in [0.15, 0.2) is 16.6 Å². The molecule has 0 unspecified atom stereocenters. The number of ether oxygens (including phenoxy) is 2. The summed E-state index contributed by atoms with van der Waals surface area (Å²) in [6.07, 6.45) is 0.993. The molecule has 1 aromatic rings. The zero-order valence-electron chi connectivity index (χ0n) is 11.0. The van der Waals surface area contributed by atoms with Crippen LogP contribution in [-0.4, -0.2) is 50.8 Å². The second-order valence-electron chi connectivity index (χ2n) is 4.89. The molecule has 0 amide bonds. The third-order valence-electron chi connectivity index (χ3n) is 3.64. The lowest BCUT2D eigenvalue weighted by Crippen LogP contribution is -2.44. The van der Waals surface area contributed by atoms with E-state index in [-0.39, 0.29) is 0 Å². The fraction of sp³-hybridized carbons (Fsp3) is 0.571. The van der Waals surface area contributed by atoms with E-state index in [1.165, 1.54) is 5.56 Å². The molecule has 1 N–H and O–H groups in total. The van der Waals surface area contributed by atoms with E-state index >= 15 is 0 Å². The van der Waals surface area contributed by atoms with Crippen LogP contribution in [0.4, 0.5) is 0 Å². The molecule has 0 radical (unpaired) electrons. The molecule has 0 bridgehead atoms. The van der Waals surface area contributed by atoms with Gasteiger partial charge in [0.05, 0.1) is 0 Å². The average Bonchev–Trinajstić information content (AvgIpc) is 2.47. The minimum atomic E-state index is 0.643. The second-order valence-corrected chi connectivity index (χ2v) is 5.75. The Labute approximate surface area is 122 Å². The van der Waals surface area contributed by atoms with Crippen molar-refractivity contribution in [3.05, 3.63) is 22.2 Å². The van der Waals surface area contributed by atoms with E-state index in [1.54, 1.807) is 0 Å². The van der Waals surface area contributed by atoms with Gasteiger partial charge in [0.2, 0.25) is 0 Å². The summed E-state index contributed by atoms with van der Waals surface area (Å²) in [6, 6.07) is 4.04. The number of halogens is 1. The Kier molecular flexibility index (Phi) is 4.25. The highest BCUT2D eigenvalue weighted by molar-refractivity contribution is 9.10. The second kappa shape index (κ2) is 6.11. The largest absolute Gasteiger partial charge is 0.486 e. The maximum absolute atomic E-state index is 5.79. The van der Waals surface area contributed by atoms with Gasteiger partial charge < -0.3 is 19.7 Å². The van der Waals surface area contributed by atoms with E-state index in [2.05, 4.69) is 32.2 Å². The van der Waals surface area contributed by atoms with Crippen molar-refractivity contribution in [1.82, 2.24) is 10.2 Å². The summed E-state index contributed by atoms with van der Waals surface area (Å²) in [7, 11) is 0. The molecule has 3 rings (SSSR count). The minimum absolute atomic E-state index is 0.643. The third kappa shape index (κ3) is 3.04. The molecule has 1 aromatic carbocycles. The number of rotatable bonds is 3. The summed E-state index contributed by atoms with van der Waals surface area (Å²) in [5, 5.41) is 3.38. The lowest BCUT2D eigenvalue weighted by molar-refractivity contribution is 0.168. The van der Waals surface area contributed by atoms with Gasteiger partial charge in [0, 0.05) is 42.8 Å². The van der Waals surface area contributed by atoms with Gasteiger partial charge in [0.15, 0.2) is 11.5 Å². The number of nitrogens with zero attached hydrogens (tertiary/aromatic N) is 1. The van der Waals surface area contributed by atoms with E-state index in [1.807, 2.05) is 6.07 Å². The zero-order valence-corrected chi connectivity index (χ0v) is 12.5. The Morgan fingerprint density at radius 1 is 1.16 bits per heavy atom. The van der Waals surface area contributed by atoms with Gasteiger partial charge in [-0.15, -0.1) is 0 Å². The van der Waals surface area contributed by atoms with Gasteiger partial charge in [0.25, 0.3) is 0 Å². The SMILES string of the molecule is Brc1ccc2c(c1CCN1CCNCC1)OCCO2. The Balaban J connectivity index is 1.72. The molecular weight excluding hydrogens is 308 g/mol. The Bertz CT molecular complexity index is 447. The van der Waals surface area contributed by atoms with E-state index in [9.17, 15) is 0 Å². The van der Waals surface area contributed by atoms with E-state index in [4.69, 9.17) is 9.47 Å². The van der Waals surface area contributed by atoms with Crippen molar-refractivity contribution in [3.8, 4) is 11.5 Å². The van der Waals surface area contributed by atoms with Crippen molar-refractivity contribution < 1.29 is 9.47 Å². The van der Waals surface area contributed by atoms with Gasteiger partial charge >= 0.3 is 0 Å². The number of hydrogen-bond donors (Lipinski definition) is 1. The van der Waals surface area contributed by atoms with Crippen LogP contribution in [-0.2, 0) is 6.42 Å². The zero-order chi connectivity index (χ0) is 13.1. The lowest BCUT2D eigenvalue weighted by Gasteiger charge is -2.28. The number of fused-ring (bicyclic) bond motifs is 1. The van der Waals surface area contributed by atoms with Crippen LogP contribution >= 0.6 is 15.9 Å². The van der Waals surface area contributed by atoms with Gasteiger partial charge in [-0.05, 0) is 18.6 Å². The van der Waals surface area contributed by atoms with Crippen LogP contribution in [0.25, 0.3) is 0 Å². The molecule has 2 aliphatic heterocycles. The monoisotopic (exact) mass is 326 g/mol. The first-order valence-electron chi connectivity index (χ1n) is 6.84. The number of nitrogens with one attached hydrogen (secondary N) is 1. The number of piperazine rings is 1. The van der Waals surface area contributed by atoms with Crippen molar-refractivity contribution in [1.29, 1.82) is 0 Å². The summed E-state index contributed by atoms with van der Waals surface area (Å²) >= 11 is 3.63. The topological polar surface area (TPSA) is 33.7 Å². The molecule has 2 aliphatic rings. The van der Waals surface area contributed by atoms with Crippen LogP contribution in [0.5, 0.6) is 11.5 Å². The van der Waals surface area contributed by atoms with Crippen LogP contribution in [0.2, 0.25) is 0 Å². The summed E-state index contributed by atoms with van der Waals surface area (Å²) < 4.78 is 12.5. The normalized spacial score (nSPS) is 19.4. The van der Waals surface area contributed by atoms with Gasteiger partial charge in [0.1, 0.15) is 13.2 Å². The Morgan fingerprint density at radius 2 is 1.95 bits per heavy atom. The van der Waals surface area contributed by atoms with E-state index in [0.29, 0.717) is 13.2 Å². The molecule has 0 atom stereocenters. The highest BCUT2D eigenvalue weighted by Gasteiger charge is 2.19. The molecule has 19 heavy (non-hydrogen) atoms. The fourth-order valence-electron chi connectivity index (χ4n) is 2.59. The van der Waals surface area contributed by atoms with Gasteiger partial charge in [-0.1, -0.05) is 15.9 Å². The first-order valence-corrected chi connectivity index (χ1v) is 7.64. The molecule has 0 aliphatic carbocycles. The standard InChI is InChI=1S/C14H19BrN2O2/c15-12-1-2-13-14(19-10-9-18-13)11(12)3-6-17-7-4-16-5-8-17/h1-2,16H,3-10H2. The summed E-state index contributed by atoms with van der Waals surface area (Å²) in [5.74, 6) is 1.81. The fourth-order valence-corrected chi connectivity index (χ4v) is 3.10. The molecule has 2 heterocycles. The van der Waals surface area contributed by atoms with Gasteiger partial charge in [-0.2, -0.15) is 0 Å². The molecule has 4 nitrogen and oxygen atoms in total. The van der Waals surface area contributed by atoms with Gasteiger partial charge in [-0.3, -0.25) is 0 Å². The summed E-state index contributed by atoms with van der Waals surface area (Å²) in [4.78, 5) is 2.49. The van der Waals surface area contributed by atoms with Crippen LogP contribution < -0.4 is 14.8 Å². The predicted molar refractivity (Wildman–Crippen MR) is 78.1 cm³/mol. The molecule has 5 heteroatoms. The molecule has 1 fully saturated rings. The highest BCUT2D eigenvalue weighted by Crippen LogP contribution is 2.38. The first kappa shape index (κ1) is 13.2. The van der Waals surface area contributed by atoms with Crippen molar-refractivity contribution in [2.24, 2.45) is 0 Å². The molecule has 0 spiro atoms. The molecule has 1 saturated heterocycles. The quantitative estimate of drug-likeness (QED) is 0.916. The highest BCUT2D eigenvalue weighted by atomic mass is 79.9. The maximum Gasteiger partial charge on any atom is 0.165 e. The van der Waals surface area contributed by atoms with Crippen molar-refractivity contribution in [3.63, 3.8) is 0 Å². The predicted octanol–water partition coefficient (Wildman–Crippen LogP) is 1.67. The van der Waals surface area contributed by atoms with Crippen LogP contribution in [0.3, 0.4) is 0 Å². The smallest absolute Gasteiger partial charge is 0.165 e. The molecule has 104 valence electrons. The van der Waals surface area contributed by atoms with E-state index < -0.39 is 0 Å². The van der Waals surface area contributed by atoms with E-state index in [0.717, 1.165) is 55.1 Å². The summed E-state index contributed by atoms with van der Waals surface area (Å²) in [5.41, 5.74) is 1.23. The first-order chi connectivity index (χ1) is 9.34. The molecule has 0 aromatic heterocycles. The lowest BCUT2D eigenvalue weighted by atomic mass is 10.1. The van der Waals surface area contributed by atoms with Crippen molar-refractivity contribution >= 4 is 15.9 Å². The number of benzene rings is 1. The van der Waals surface area contributed by atoms with Gasteiger partial charge in [-0.25, -0.2) is 0 Å². The third-order valence-corrected chi connectivity index (χ3v) is 4.39. The Hall–Kier alpha value is -0.780. The maximum atomic E-state index is 5.79. The number of hydrogen-bond acceptors (Lipinski definition) is 4. The average molecular weight is 327 g/mol. The van der Waals surface area contributed by atoms with Crippen molar-refractivity contribution in [2.45, 2.75) is 6.42 Å². The molecular formula is C14H19BrN2O2. The minimum Gasteiger partial charge on any atom is -0.486 e. The molecule has 0 saturated carbocycles. The summed E-state index contributed by atoms with van der Waals surface area (Å²) in [6.45, 7) is 6.80.